The molecular weight excluding hydrogens is 137 g/mol. The zero-order chi connectivity index (χ0) is 4.12. The smallest absolute Gasteiger partial charge is 0.300 e. The Morgan fingerprint density at radius 1 is 1.17 bits per heavy atom. The summed E-state index contributed by atoms with van der Waals surface area (Å²) >= 11 is 0. The minimum absolute atomic E-state index is 0. The summed E-state index contributed by atoms with van der Waals surface area (Å²) in [4.78, 5) is 17.9. The second-order valence-electron chi connectivity index (χ2n) is 0.329. The van der Waals surface area contributed by atoms with E-state index in [1.807, 2.05) is 0 Å². The summed E-state index contributed by atoms with van der Waals surface area (Å²) in [6.45, 7) is 0.125. The van der Waals surface area contributed by atoms with E-state index in [1.165, 1.54) is 0 Å². The van der Waals surface area contributed by atoms with Gasteiger partial charge in [0.05, 0.1) is 0 Å². The Morgan fingerprint density at radius 3 is 1.50 bits per heavy atom. The summed E-state index contributed by atoms with van der Waals surface area (Å²) in [6.07, 6.45) is 0. The van der Waals surface area contributed by atoms with Crippen LogP contribution in [0.15, 0.2) is 0 Å². The van der Waals surface area contributed by atoms with Gasteiger partial charge >= 0.3 is 12.9 Å². The van der Waals surface area contributed by atoms with E-state index in [-0.39, 0.29) is 32.4 Å². The summed E-state index contributed by atoms with van der Waals surface area (Å²) in [5.41, 5.74) is 0. The second-order valence-corrected chi connectivity index (χ2v) is 0.329. The quantitative estimate of drug-likeness (QED) is 0.289. The molecular formula is C2H2O3Zn. The Bertz CT molecular complexity index is 38.1. The molecule has 0 amide bonds. The molecule has 3 nitrogen and oxygen atoms in total. The van der Waals surface area contributed by atoms with Gasteiger partial charge in [-0.05, 0) is 0 Å². The van der Waals surface area contributed by atoms with Crippen LogP contribution in [0.3, 0.4) is 0 Å². The van der Waals surface area contributed by atoms with Gasteiger partial charge in [-0.3, -0.25) is 9.59 Å². The van der Waals surface area contributed by atoms with Crippen molar-refractivity contribution in [1.82, 2.24) is 0 Å². The Morgan fingerprint density at radius 2 is 1.50 bits per heavy atom. The fraction of sp³-hybridized carbons (Fsp3) is 0. The number of carbonyl (C=O) groups is 2. The predicted octanol–water partition coefficient (Wildman–Crippen LogP) is -0.687. The summed E-state index contributed by atoms with van der Waals surface area (Å²) < 4.78 is 3.47. The first kappa shape index (κ1) is 9.23. The van der Waals surface area contributed by atoms with Crippen LogP contribution < -0.4 is 0 Å². The number of rotatable bonds is 2. The van der Waals surface area contributed by atoms with Crippen LogP contribution in [-0.2, 0) is 33.8 Å². The van der Waals surface area contributed by atoms with Gasteiger partial charge < -0.3 is 4.74 Å². The van der Waals surface area contributed by atoms with Crippen LogP contribution in [0.5, 0.6) is 0 Å². The molecule has 0 radical (unpaired) electrons. The third-order valence-electron chi connectivity index (χ3n) is 0.111. The molecule has 0 fully saturated rings. The van der Waals surface area contributed by atoms with Gasteiger partial charge in [-0.25, -0.2) is 0 Å². The molecule has 0 spiro atoms. The molecule has 30 valence electrons. The maximum Gasteiger partial charge on any atom is 0.300 e. The predicted molar refractivity (Wildman–Crippen MR) is 13.2 cm³/mol. The van der Waals surface area contributed by atoms with Crippen molar-refractivity contribution in [3.05, 3.63) is 0 Å². The van der Waals surface area contributed by atoms with Gasteiger partial charge in [0, 0.05) is 19.5 Å². The van der Waals surface area contributed by atoms with Crippen molar-refractivity contribution in [2.75, 3.05) is 0 Å². The fourth-order valence-corrected chi connectivity index (χ4v) is 0.0227. The summed E-state index contributed by atoms with van der Waals surface area (Å²) in [7, 11) is 0. The normalized spacial score (nSPS) is 4.67. The van der Waals surface area contributed by atoms with Crippen LogP contribution in [-0.4, -0.2) is 12.9 Å². The maximum absolute atomic E-state index is 8.95. The SMILES string of the molecule is O=COC=O.[Zn]. The molecule has 0 N–H and O–H groups in total. The maximum atomic E-state index is 8.95. The molecule has 0 rings (SSSR count). The minimum Gasteiger partial charge on any atom is -0.398 e. The van der Waals surface area contributed by atoms with Crippen molar-refractivity contribution in [3.63, 3.8) is 0 Å². The van der Waals surface area contributed by atoms with E-state index in [2.05, 4.69) is 4.74 Å². The van der Waals surface area contributed by atoms with E-state index in [0.717, 1.165) is 0 Å². The van der Waals surface area contributed by atoms with Crippen molar-refractivity contribution in [2.45, 2.75) is 0 Å². The first-order valence-corrected chi connectivity index (χ1v) is 0.943. The molecule has 0 aliphatic carbocycles. The Balaban J connectivity index is 0. The first-order chi connectivity index (χ1) is 2.41. The molecule has 4 heteroatoms. The molecule has 0 unspecified atom stereocenters. The molecule has 0 aliphatic heterocycles. The average Bonchev–Trinajstić information content (AvgIpc) is 1.41. The first-order valence-electron chi connectivity index (χ1n) is 0.943. The van der Waals surface area contributed by atoms with Gasteiger partial charge in [0.15, 0.2) is 0 Å². The number of hydrogen-bond acceptors (Lipinski definition) is 3. The van der Waals surface area contributed by atoms with Crippen LogP contribution in [0.4, 0.5) is 0 Å². The van der Waals surface area contributed by atoms with Crippen molar-refractivity contribution in [2.24, 2.45) is 0 Å². The Labute approximate surface area is 47.4 Å². The van der Waals surface area contributed by atoms with E-state index in [0.29, 0.717) is 0 Å². The molecule has 0 aromatic carbocycles. The molecule has 0 atom stereocenters. The summed E-state index contributed by atoms with van der Waals surface area (Å²) in [6, 6.07) is 0. The fourth-order valence-electron chi connectivity index (χ4n) is 0.0227. The summed E-state index contributed by atoms with van der Waals surface area (Å²) in [5, 5.41) is 0. The standard InChI is InChI=1S/C2H2O3.Zn/c3-1-5-2-4;/h1-2H;. The van der Waals surface area contributed by atoms with Crippen LogP contribution >= 0.6 is 0 Å². The molecule has 0 aliphatic rings. The van der Waals surface area contributed by atoms with Crippen LogP contribution in [0.25, 0.3) is 0 Å². The molecule has 6 heavy (non-hydrogen) atoms. The molecule has 0 aromatic heterocycles. The van der Waals surface area contributed by atoms with E-state index >= 15 is 0 Å². The van der Waals surface area contributed by atoms with Crippen molar-refractivity contribution >= 4 is 12.9 Å². The van der Waals surface area contributed by atoms with E-state index in [1.54, 1.807) is 0 Å². The molecule has 0 heterocycles. The van der Waals surface area contributed by atoms with Crippen molar-refractivity contribution in [1.29, 1.82) is 0 Å². The third kappa shape index (κ3) is 9.24. The van der Waals surface area contributed by atoms with Gasteiger partial charge in [-0.1, -0.05) is 0 Å². The number of hydrogen-bond donors (Lipinski definition) is 0. The van der Waals surface area contributed by atoms with Gasteiger partial charge in [0.25, 0.3) is 0 Å². The monoisotopic (exact) mass is 138 g/mol. The van der Waals surface area contributed by atoms with Gasteiger partial charge in [0.2, 0.25) is 0 Å². The molecule has 0 saturated carbocycles. The van der Waals surface area contributed by atoms with E-state index in [4.69, 9.17) is 9.59 Å². The number of carbonyl (C=O) groups excluding carboxylic acids is 2. The third-order valence-corrected chi connectivity index (χ3v) is 0.111. The topological polar surface area (TPSA) is 43.4 Å². The molecule has 0 saturated heterocycles. The van der Waals surface area contributed by atoms with E-state index < -0.39 is 0 Å². The number of ether oxygens (including phenoxy) is 1. The zero-order valence-electron chi connectivity index (χ0n) is 3.09. The molecule has 0 aromatic rings. The van der Waals surface area contributed by atoms with Crippen molar-refractivity contribution < 1.29 is 33.8 Å². The van der Waals surface area contributed by atoms with E-state index in [9.17, 15) is 0 Å². The van der Waals surface area contributed by atoms with Gasteiger partial charge in [-0.2, -0.15) is 0 Å². The largest absolute Gasteiger partial charge is 0.398 e. The van der Waals surface area contributed by atoms with Crippen molar-refractivity contribution in [3.8, 4) is 0 Å². The van der Waals surface area contributed by atoms with Crippen LogP contribution in [0, 0.1) is 0 Å². The molecule has 0 bridgehead atoms. The van der Waals surface area contributed by atoms with Gasteiger partial charge in [0.1, 0.15) is 0 Å². The van der Waals surface area contributed by atoms with Crippen LogP contribution in [0.2, 0.25) is 0 Å². The average molecular weight is 139 g/mol. The Kier molecular flexibility index (Phi) is 13.6. The minimum atomic E-state index is 0. The van der Waals surface area contributed by atoms with Gasteiger partial charge in [-0.15, -0.1) is 0 Å². The Hall–Kier alpha value is -0.237. The van der Waals surface area contributed by atoms with Crippen LogP contribution in [0.1, 0.15) is 0 Å². The summed E-state index contributed by atoms with van der Waals surface area (Å²) in [5.74, 6) is 0. The second kappa shape index (κ2) is 8.83. The zero-order valence-corrected chi connectivity index (χ0v) is 6.05.